The van der Waals surface area contributed by atoms with Crippen LogP contribution < -0.4 is 16.5 Å². The molecule has 1 aromatic heterocycles. The number of carbonyl (C=O) groups is 1. The number of unbranched alkanes of at least 4 members (excludes halogenated alkanes) is 1. The highest BCUT2D eigenvalue weighted by Crippen LogP contribution is 2.10. The second-order valence-electron chi connectivity index (χ2n) is 5.33. The van der Waals surface area contributed by atoms with Gasteiger partial charge < -0.3 is 16.0 Å². The molecule has 0 unspecified atom stereocenters. The Labute approximate surface area is 127 Å². The van der Waals surface area contributed by atoms with Crippen LogP contribution in [0.4, 0.5) is 4.39 Å². The van der Waals surface area contributed by atoms with Gasteiger partial charge in [-0.2, -0.15) is 0 Å². The molecule has 1 amide bonds. The third-order valence-electron chi connectivity index (χ3n) is 3.58. The summed E-state index contributed by atoms with van der Waals surface area (Å²) in [5, 5.41) is 3.36. The van der Waals surface area contributed by atoms with Gasteiger partial charge in [-0.25, -0.2) is 4.39 Å². The fraction of sp³-hybridized carbons (Fsp3) is 0.375. The summed E-state index contributed by atoms with van der Waals surface area (Å²) < 4.78 is 13.2. The van der Waals surface area contributed by atoms with E-state index in [2.05, 4.69) is 10.3 Å². The van der Waals surface area contributed by atoms with Crippen molar-refractivity contribution in [3.8, 4) is 0 Å². The summed E-state index contributed by atoms with van der Waals surface area (Å²) in [6.45, 7) is 2.36. The van der Waals surface area contributed by atoms with Crippen molar-refractivity contribution in [2.45, 2.75) is 38.8 Å². The van der Waals surface area contributed by atoms with Gasteiger partial charge in [-0.1, -0.05) is 19.8 Å². The summed E-state index contributed by atoms with van der Waals surface area (Å²) in [7, 11) is 0. The number of hydrogen-bond acceptors (Lipinski definition) is 3. The molecule has 0 aliphatic carbocycles. The number of H-pyrrole nitrogens is 1. The quantitative estimate of drug-likeness (QED) is 0.729. The summed E-state index contributed by atoms with van der Waals surface area (Å²) in [6.07, 6.45) is 2.53. The fourth-order valence-corrected chi connectivity index (χ4v) is 2.36. The zero-order valence-electron chi connectivity index (χ0n) is 12.5. The lowest BCUT2D eigenvalue weighted by atomic mass is 10.1. The summed E-state index contributed by atoms with van der Waals surface area (Å²) in [5.74, 6) is -0.851. The molecule has 0 saturated heterocycles. The first kappa shape index (κ1) is 16.2. The molecule has 2 aromatic rings. The molecule has 5 nitrogen and oxygen atoms in total. The fourth-order valence-electron chi connectivity index (χ4n) is 2.36. The lowest BCUT2D eigenvalue weighted by molar-refractivity contribution is -0.120. The number of pyridine rings is 1. The van der Waals surface area contributed by atoms with E-state index >= 15 is 0 Å². The first-order chi connectivity index (χ1) is 10.5. The molecule has 1 aromatic carbocycles. The molecule has 2 rings (SSSR count). The normalized spacial score (nSPS) is 12.5. The van der Waals surface area contributed by atoms with Crippen LogP contribution >= 0.6 is 0 Å². The molecule has 0 bridgehead atoms. The Balaban J connectivity index is 2.16. The zero-order valence-corrected chi connectivity index (χ0v) is 12.5. The van der Waals surface area contributed by atoms with Crippen molar-refractivity contribution in [1.82, 2.24) is 10.3 Å². The molecule has 1 atom stereocenters. The molecule has 6 heteroatoms. The Morgan fingerprint density at radius 2 is 2.18 bits per heavy atom. The first-order valence-corrected chi connectivity index (χ1v) is 7.35. The number of aromatic amines is 1. The Morgan fingerprint density at radius 3 is 2.86 bits per heavy atom. The van der Waals surface area contributed by atoms with Gasteiger partial charge in [0, 0.05) is 29.2 Å². The standard InChI is InChI=1S/C16H20FN3O2/c1-2-3-4-14(16(18)22)19-9-11-8-15(21)12-7-10(17)5-6-13(12)20-11/h5-8,14,19H,2-4,9H2,1H3,(H2,18,22)(H,20,21)/t14-/m1/s1. The SMILES string of the molecule is CCCC[C@@H](NCc1cc(=O)c2cc(F)ccc2[nH]1)C(N)=O. The van der Waals surface area contributed by atoms with Gasteiger partial charge in [0.2, 0.25) is 5.91 Å². The first-order valence-electron chi connectivity index (χ1n) is 7.35. The van der Waals surface area contributed by atoms with Crippen LogP contribution in [0.2, 0.25) is 0 Å². The maximum atomic E-state index is 13.2. The van der Waals surface area contributed by atoms with Gasteiger partial charge in [0.15, 0.2) is 5.43 Å². The van der Waals surface area contributed by atoms with Crippen LogP contribution in [-0.4, -0.2) is 16.9 Å². The lowest BCUT2D eigenvalue weighted by Gasteiger charge is -2.15. The molecule has 1 heterocycles. The molecule has 4 N–H and O–H groups in total. The number of halogens is 1. The lowest BCUT2D eigenvalue weighted by Crippen LogP contribution is -2.41. The van der Waals surface area contributed by atoms with Crippen molar-refractivity contribution < 1.29 is 9.18 Å². The van der Waals surface area contributed by atoms with Crippen molar-refractivity contribution in [3.63, 3.8) is 0 Å². The Morgan fingerprint density at radius 1 is 1.41 bits per heavy atom. The van der Waals surface area contributed by atoms with Gasteiger partial charge in [-0.3, -0.25) is 9.59 Å². The van der Waals surface area contributed by atoms with Crippen LogP contribution in [0.1, 0.15) is 31.9 Å². The van der Waals surface area contributed by atoms with Gasteiger partial charge in [0.1, 0.15) is 5.82 Å². The molecular weight excluding hydrogens is 285 g/mol. The van der Waals surface area contributed by atoms with Crippen molar-refractivity contribution in [2.24, 2.45) is 5.73 Å². The van der Waals surface area contributed by atoms with Crippen LogP contribution in [-0.2, 0) is 11.3 Å². The monoisotopic (exact) mass is 305 g/mol. The van der Waals surface area contributed by atoms with Crippen LogP contribution in [0.3, 0.4) is 0 Å². The summed E-state index contributed by atoms with van der Waals surface area (Å²) in [6, 6.07) is 5.01. The number of hydrogen-bond donors (Lipinski definition) is 3. The summed E-state index contributed by atoms with van der Waals surface area (Å²) in [4.78, 5) is 26.4. The Kier molecular flexibility index (Phi) is 5.27. The minimum Gasteiger partial charge on any atom is -0.368 e. The van der Waals surface area contributed by atoms with E-state index in [1.807, 2.05) is 6.92 Å². The maximum Gasteiger partial charge on any atom is 0.234 e. The van der Waals surface area contributed by atoms with Crippen LogP contribution in [0.5, 0.6) is 0 Å². The van der Waals surface area contributed by atoms with E-state index in [9.17, 15) is 14.0 Å². The molecule has 0 radical (unpaired) electrons. The minimum absolute atomic E-state index is 0.255. The van der Waals surface area contributed by atoms with Crippen molar-refractivity contribution in [3.05, 3.63) is 46.0 Å². The van der Waals surface area contributed by atoms with E-state index in [1.165, 1.54) is 24.3 Å². The van der Waals surface area contributed by atoms with Gasteiger partial charge >= 0.3 is 0 Å². The van der Waals surface area contributed by atoms with E-state index in [0.29, 0.717) is 29.6 Å². The van der Waals surface area contributed by atoms with Gasteiger partial charge in [-0.05, 0) is 24.6 Å². The largest absolute Gasteiger partial charge is 0.368 e. The predicted octanol–water partition coefficient (Wildman–Crippen LogP) is 1.80. The van der Waals surface area contributed by atoms with E-state index in [0.717, 1.165) is 12.8 Å². The molecule has 0 saturated carbocycles. The van der Waals surface area contributed by atoms with Crippen LogP contribution in [0.15, 0.2) is 29.1 Å². The van der Waals surface area contributed by atoms with Gasteiger partial charge in [0.25, 0.3) is 0 Å². The predicted molar refractivity (Wildman–Crippen MR) is 83.9 cm³/mol. The number of rotatable bonds is 7. The van der Waals surface area contributed by atoms with E-state index < -0.39 is 17.8 Å². The van der Waals surface area contributed by atoms with Gasteiger partial charge in [0.05, 0.1) is 6.04 Å². The number of amides is 1. The molecule has 0 fully saturated rings. The number of fused-ring (bicyclic) bond motifs is 1. The number of benzene rings is 1. The highest BCUT2D eigenvalue weighted by Gasteiger charge is 2.14. The maximum absolute atomic E-state index is 13.2. The molecular formula is C16H20FN3O2. The van der Waals surface area contributed by atoms with Crippen molar-refractivity contribution >= 4 is 16.8 Å². The van der Waals surface area contributed by atoms with E-state index in [4.69, 9.17) is 5.73 Å². The Hall–Kier alpha value is -2.21. The van der Waals surface area contributed by atoms with Crippen LogP contribution in [0.25, 0.3) is 10.9 Å². The second kappa shape index (κ2) is 7.17. The van der Waals surface area contributed by atoms with Crippen LogP contribution in [0, 0.1) is 5.82 Å². The average molecular weight is 305 g/mol. The number of nitrogens with one attached hydrogen (secondary N) is 2. The highest BCUT2D eigenvalue weighted by molar-refractivity contribution is 5.80. The number of nitrogens with two attached hydrogens (primary N) is 1. The van der Waals surface area contributed by atoms with E-state index in [-0.39, 0.29) is 5.43 Å². The summed E-state index contributed by atoms with van der Waals surface area (Å²) in [5.41, 5.74) is 6.30. The Bertz CT molecular complexity index is 727. The summed E-state index contributed by atoms with van der Waals surface area (Å²) >= 11 is 0. The molecule has 0 aliphatic heterocycles. The average Bonchev–Trinajstić information content (AvgIpc) is 2.47. The number of aromatic nitrogens is 1. The number of primary amides is 1. The third kappa shape index (κ3) is 3.92. The molecule has 0 spiro atoms. The molecule has 118 valence electrons. The highest BCUT2D eigenvalue weighted by atomic mass is 19.1. The van der Waals surface area contributed by atoms with E-state index in [1.54, 1.807) is 0 Å². The molecule has 0 aliphatic rings. The smallest absolute Gasteiger partial charge is 0.234 e. The number of carbonyl (C=O) groups excluding carboxylic acids is 1. The third-order valence-corrected chi connectivity index (χ3v) is 3.58. The van der Waals surface area contributed by atoms with Gasteiger partial charge in [-0.15, -0.1) is 0 Å². The minimum atomic E-state index is -0.447. The van der Waals surface area contributed by atoms with Crippen molar-refractivity contribution in [2.75, 3.05) is 0 Å². The van der Waals surface area contributed by atoms with Crippen molar-refractivity contribution in [1.29, 1.82) is 0 Å². The topological polar surface area (TPSA) is 88.0 Å². The molecule has 22 heavy (non-hydrogen) atoms. The second-order valence-corrected chi connectivity index (χ2v) is 5.33. The zero-order chi connectivity index (χ0) is 16.1.